The van der Waals surface area contributed by atoms with E-state index in [2.05, 4.69) is 4.84 Å². The van der Waals surface area contributed by atoms with Crippen molar-refractivity contribution in [3.05, 3.63) is 0 Å². The van der Waals surface area contributed by atoms with Crippen LogP contribution in [-0.4, -0.2) is 25.1 Å². The van der Waals surface area contributed by atoms with Crippen LogP contribution >= 0.6 is 0 Å². The predicted molar refractivity (Wildman–Crippen MR) is 22.3 cm³/mol. The highest BCUT2D eigenvalue weighted by atomic mass is 16.7. The van der Waals surface area contributed by atoms with E-state index >= 15 is 0 Å². The van der Waals surface area contributed by atoms with Crippen LogP contribution in [0.15, 0.2) is 0 Å². The van der Waals surface area contributed by atoms with Crippen molar-refractivity contribution in [2.75, 3.05) is 14.1 Å². The minimum Gasteiger partial charge on any atom is -0.313 e. The van der Waals surface area contributed by atoms with Gasteiger partial charge in [0.15, 0.2) is 0 Å². The fourth-order valence-corrected chi connectivity index (χ4v) is 0.0816. The van der Waals surface area contributed by atoms with E-state index in [9.17, 15) is 4.79 Å². The molecular formula is C3H6N2O2. The van der Waals surface area contributed by atoms with E-state index in [1.54, 1.807) is 0 Å². The van der Waals surface area contributed by atoms with Crippen molar-refractivity contribution in [2.24, 2.45) is 0 Å². The molecule has 4 nitrogen and oxygen atoms in total. The minimum absolute atomic E-state index is 0.764. The Morgan fingerprint density at radius 1 is 1.71 bits per heavy atom. The van der Waals surface area contributed by atoms with Crippen molar-refractivity contribution < 1.29 is 9.63 Å². The maximum atomic E-state index is 9.97. The van der Waals surface area contributed by atoms with Gasteiger partial charge in [0.05, 0.1) is 0 Å². The fraction of sp³-hybridized carbons (Fsp3) is 0.667. The SMILES string of the molecule is CN(C)C(=O)O[N]. The molecule has 4 heteroatoms. The zero-order chi connectivity index (χ0) is 5.86. The number of rotatable bonds is 0. The maximum Gasteiger partial charge on any atom is 0.431 e. The van der Waals surface area contributed by atoms with Gasteiger partial charge in [-0.1, -0.05) is 0 Å². The number of hydrogen-bond donors (Lipinski definition) is 0. The summed E-state index contributed by atoms with van der Waals surface area (Å²) in [7, 11) is 2.94. The van der Waals surface area contributed by atoms with Gasteiger partial charge in [-0.2, -0.15) is 0 Å². The molecule has 0 aliphatic heterocycles. The van der Waals surface area contributed by atoms with Crippen molar-refractivity contribution in [2.45, 2.75) is 0 Å². The summed E-state index contributed by atoms with van der Waals surface area (Å²) in [5, 5.41) is 0. The summed E-state index contributed by atoms with van der Waals surface area (Å²) < 4.78 is 0. The molecule has 0 aliphatic carbocycles. The molecule has 7 heavy (non-hydrogen) atoms. The molecular weight excluding hydrogens is 96.0 g/mol. The third-order valence-electron chi connectivity index (χ3n) is 0.443. The quantitative estimate of drug-likeness (QED) is 0.393. The van der Waals surface area contributed by atoms with Crippen LogP contribution in [0.2, 0.25) is 0 Å². The van der Waals surface area contributed by atoms with Gasteiger partial charge in [-0.15, -0.1) is 0 Å². The molecule has 0 aliphatic rings. The first-order valence-electron chi connectivity index (χ1n) is 1.71. The van der Waals surface area contributed by atoms with Crippen LogP contribution in [0.4, 0.5) is 4.79 Å². The van der Waals surface area contributed by atoms with Gasteiger partial charge in [0.1, 0.15) is 5.90 Å². The number of carbonyl (C=O) groups is 1. The zero-order valence-electron chi connectivity index (χ0n) is 4.21. The van der Waals surface area contributed by atoms with Gasteiger partial charge in [0.25, 0.3) is 0 Å². The molecule has 0 heterocycles. The molecule has 0 rings (SSSR count). The number of nitrogens with zero attached hydrogens (tertiary/aromatic N) is 2. The molecule has 0 saturated carbocycles. The maximum absolute atomic E-state index is 9.97. The Morgan fingerprint density at radius 2 is 2.14 bits per heavy atom. The summed E-state index contributed by atoms with van der Waals surface area (Å²) in [6, 6.07) is 0. The van der Waals surface area contributed by atoms with Crippen LogP contribution in [-0.2, 0) is 4.84 Å². The van der Waals surface area contributed by atoms with Crippen LogP contribution in [0, 0.1) is 0 Å². The van der Waals surface area contributed by atoms with Crippen LogP contribution in [0.1, 0.15) is 0 Å². The van der Waals surface area contributed by atoms with E-state index < -0.39 is 6.09 Å². The lowest BCUT2D eigenvalue weighted by atomic mass is 10.9. The summed E-state index contributed by atoms with van der Waals surface area (Å²) in [5.74, 6) is 7.61. The van der Waals surface area contributed by atoms with Crippen LogP contribution in [0.3, 0.4) is 0 Å². The van der Waals surface area contributed by atoms with Gasteiger partial charge in [0, 0.05) is 14.1 Å². The monoisotopic (exact) mass is 102 g/mol. The fourth-order valence-electron chi connectivity index (χ4n) is 0.0816. The van der Waals surface area contributed by atoms with Crippen molar-refractivity contribution in [1.29, 1.82) is 0 Å². The van der Waals surface area contributed by atoms with Crippen molar-refractivity contribution in [3.63, 3.8) is 0 Å². The van der Waals surface area contributed by atoms with Crippen LogP contribution < -0.4 is 5.90 Å². The van der Waals surface area contributed by atoms with E-state index in [-0.39, 0.29) is 0 Å². The van der Waals surface area contributed by atoms with Gasteiger partial charge in [-0.25, -0.2) is 4.79 Å². The summed E-state index contributed by atoms with van der Waals surface area (Å²) >= 11 is 0. The molecule has 0 aromatic rings. The molecule has 0 aromatic carbocycles. The molecule has 0 saturated heterocycles. The van der Waals surface area contributed by atoms with E-state index in [4.69, 9.17) is 5.90 Å². The average molecular weight is 102 g/mol. The molecule has 1 amide bonds. The Bertz CT molecular complexity index is 71.3. The van der Waals surface area contributed by atoms with Gasteiger partial charge in [-0.05, 0) is 0 Å². The molecule has 2 radical (unpaired) electrons. The van der Waals surface area contributed by atoms with Gasteiger partial charge in [0.2, 0.25) is 0 Å². The highest BCUT2D eigenvalue weighted by Gasteiger charge is 2.00. The van der Waals surface area contributed by atoms with E-state index in [1.807, 2.05) is 0 Å². The van der Waals surface area contributed by atoms with Gasteiger partial charge in [-0.3, -0.25) is 0 Å². The molecule has 0 unspecified atom stereocenters. The number of carbonyl (C=O) groups excluding carboxylic acids is 1. The molecule has 40 valence electrons. The smallest absolute Gasteiger partial charge is 0.313 e. The molecule has 0 bridgehead atoms. The summed E-state index contributed by atoms with van der Waals surface area (Å²) in [4.78, 5) is 14.4. The normalized spacial score (nSPS) is 7.86. The summed E-state index contributed by atoms with van der Waals surface area (Å²) in [6.07, 6.45) is -0.764. The highest BCUT2D eigenvalue weighted by molar-refractivity contribution is 5.66. The Balaban J connectivity index is 3.35. The Morgan fingerprint density at radius 3 is 2.14 bits per heavy atom. The van der Waals surface area contributed by atoms with Gasteiger partial charge >= 0.3 is 6.09 Å². The summed E-state index contributed by atoms with van der Waals surface area (Å²) in [6.45, 7) is 0. The third-order valence-corrected chi connectivity index (χ3v) is 0.443. The molecule has 0 fully saturated rings. The Hall–Kier alpha value is -0.770. The first-order chi connectivity index (χ1) is 3.18. The average Bonchev–Trinajstić information content (AvgIpc) is 1.65. The molecule has 0 N–H and O–H groups in total. The van der Waals surface area contributed by atoms with Crippen LogP contribution in [0.25, 0.3) is 0 Å². The lowest BCUT2D eigenvalue weighted by molar-refractivity contribution is 0.111. The Kier molecular flexibility index (Phi) is 2.15. The lowest BCUT2D eigenvalue weighted by Crippen LogP contribution is -2.21. The zero-order valence-corrected chi connectivity index (χ0v) is 4.21. The van der Waals surface area contributed by atoms with Gasteiger partial charge < -0.3 is 9.74 Å². The lowest BCUT2D eigenvalue weighted by Gasteiger charge is -2.02. The van der Waals surface area contributed by atoms with Crippen molar-refractivity contribution in [3.8, 4) is 0 Å². The van der Waals surface area contributed by atoms with Crippen LogP contribution in [0.5, 0.6) is 0 Å². The van der Waals surface area contributed by atoms with Crippen molar-refractivity contribution in [1.82, 2.24) is 10.8 Å². The molecule has 0 atom stereocenters. The number of amides is 1. The second-order valence-corrected chi connectivity index (χ2v) is 1.25. The molecule has 0 spiro atoms. The highest BCUT2D eigenvalue weighted by Crippen LogP contribution is 1.77. The first kappa shape index (κ1) is 6.23. The van der Waals surface area contributed by atoms with Crippen molar-refractivity contribution >= 4 is 6.09 Å². The second kappa shape index (κ2) is 2.41. The van der Waals surface area contributed by atoms with E-state index in [0.29, 0.717) is 0 Å². The van der Waals surface area contributed by atoms with E-state index in [0.717, 1.165) is 4.90 Å². The third kappa shape index (κ3) is 1.99. The first-order valence-corrected chi connectivity index (χ1v) is 1.71. The standard InChI is InChI=1S/C3H6N2O2/c1-5(2)3(6)7-4/h1-2H3. The minimum atomic E-state index is -0.764. The van der Waals surface area contributed by atoms with E-state index in [1.165, 1.54) is 14.1 Å². The predicted octanol–water partition coefficient (Wildman–Crippen LogP) is -0.332. The number of hydrogen-bond acceptors (Lipinski definition) is 2. The summed E-state index contributed by atoms with van der Waals surface area (Å²) in [5.41, 5.74) is 0. The topological polar surface area (TPSA) is 51.8 Å². The largest absolute Gasteiger partial charge is 0.431 e. The Labute approximate surface area is 41.8 Å². The molecule has 0 aromatic heterocycles. The second-order valence-electron chi connectivity index (χ2n) is 1.25.